The van der Waals surface area contributed by atoms with Crippen LogP contribution in [0.15, 0.2) is 103 Å². The zero-order valence-corrected chi connectivity index (χ0v) is 28.8. The number of carboxylic acid groups (broad SMARTS) is 1. The first-order valence-electron chi connectivity index (χ1n) is 16.0. The van der Waals surface area contributed by atoms with Gasteiger partial charge >= 0.3 is 11.9 Å². The minimum Gasteiger partial charge on any atom is -0.497 e. The highest BCUT2D eigenvalue weighted by atomic mass is 16.6. The van der Waals surface area contributed by atoms with Gasteiger partial charge in [-0.25, -0.2) is 9.59 Å². The number of carbonyl (C=O) groups is 3. The Kier molecular flexibility index (Phi) is 12.8. The Morgan fingerprint density at radius 1 is 0.660 bits per heavy atom. The van der Waals surface area contributed by atoms with Gasteiger partial charge in [-0.3, -0.25) is 4.79 Å². The highest BCUT2D eigenvalue weighted by molar-refractivity contribution is 5.81. The summed E-state index contributed by atoms with van der Waals surface area (Å²) in [5, 5.41) is 11.7. The summed E-state index contributed by atoms with van der Waals surface area (Å²) in [7, 11) is 3.19. The fraction of sp³-hybridized carbons (Fsp3) is 0.308. The second-order valence-electron chi connectivity index (χ2n) is 12.3. The third-order valence-corrected chi connectivity index (χ3v) is 7.67. The lowest BCUT2D eigenvalue weighted by Crippen LogP contribution is -2.44. The molecule has 0 aliphatic carbocycles. The van der Waals surface area contributed by atoms with E-state index in [-0.39, 0.29) is 19.1 Å². The molecule has 0 saturated heterocycles. The average Bonchev–Trinajstić information content (AvgIpc) is 3.13. The van der Waals surface area contributed by atoms with E-state index in [4.69, 9.17) is 33.5 Å². The van der Waals surface area contributed by atoms with Gasteiger partial charge in [0.25, 0.3) is 0 Å². The Bertz CT molecular complexity index is 1640. The maximum Gasteiger partial charge on any atom is 0.344 e. The first-order valence-corrected chi connectivity index (χ1v) is 16.0. The van der Waals surface area contributed by atoms with Crippen LogP contribution in [0.2, 0.25) is 0 Å². The molecule has 0 saturated carbocycles. The summed E-state index contributed by atoms with van der Waals surface area (Å²) >= 11 is 0. The molecule has 264 valence electrons. The van der Waals surface area contributed by atoms with Crippen molar-refractivity contribution in [3.63, 3.8) is 0 Å². The van der Waals surface area contributed by atoms with Gasteiger partial charge in [0.2, 0.25) is 5.91 Å². The third-order valence-electron chi connectivity index (χ3n) is 7.67. The van der Waals surface area contributed by atoms with Crippen LogP contribution >= 0.6 is 0 Å². The summed E-state index contributed by atoms with van der Waals surface area (Å²) < 4.78 is 34.4. The topological polar surface area (TPSA) is 139 Å². The molecular weight excluding hydrogens is 642 g/mol. The molecule has 0 fully saturated rings. The number of carboxylic acids is 1. The van der Waals surface area contributed by atoms with Crippen molar-refractivity contribution in [1.82, 2.24) is 5.32 Å². The first kappa shape index (κ1) is 37.3. The van der Waals surface area contributed by atoms with Gasteiger partial charge in [0, 0.05) is 5.41 Å². The fourth-order valence-corrected chi connectivity index (χ4v) is 5.04. The van der Waals surface area contributed by atoms with Gasteiger partial charge in [0.1, 0.15) is 34.7 Å². The van der Waals surface area contributed by atoms with E-state index < -0.39 is 42.3 Å². The number of benzene rings is 4. The van der Waals surface area contributed by atoms with Crippen LogP contribution in [0, 0.1) is 5.41 Å². The molecule has 11 heteroatoms. The predicted octanol–water partition coefficient (Wildman–Crippen LogP) is 5.63. The van der Waals surface area contributed by atoms with Crippen molar-refractivity contribution in [1.29, 1.82) is 0 Å². The molecule has 1 atom stereocenters. The number of rotatable bonds is 17. The Balaban J connectivity index is 1.63. The van der Waals surface area contributed by atoms with Gasteiger partial charge in [-0.15, -0.1) is 0 Å². The van der Waals surface area contributed by atoms with Crippen molar-refractivity contribution in [2.45, 2.75) is 32.5 Å². The predicted molar refractivity (Wildman–Crippen MR) is 186 cm³/mol. The summed E-state index contributed by atoms with van der Waals surface area (Å²) in [4.78, 5) is 36.8. The van der Waals surface area contributed by atoms with Crippen LogP contribution in [0.4, 0.5) is 0 Å². The van der Waals surface area contributed by atoms with Crippen LogP contribution < -0.4 is 24.3 Å². The van der Waals surface area contributed by atoms with Crippen LogP contribution in [0.3, 0.4) is 0 Å². The molecule has 0 heterocycles. The van der Waals surface area contributed by atoms with Crippen LogP contribution in [-0.2, 0) is 29.5 Å². The molecule has 4 aromatic rings. The highest BCUT2D eigenvalue weighted by Crippen LogP contribution is 2.42. The quantitative estimate of drug-likeness (QED) is 0.106. The number of amides is 1. The molecule has 4 aromatic carbocycles. The molecule has 0 aromatic heterocycles. The lowest BCUT2D eigenvalue weighted by atomic mass is 9.80. The number of ether oxygens (including phenoxy) is 6. The SMILES string of the molecule is COc1ccc(C(OCC(CNC(=O)C(C)(C)C)OC(=O)COc2ccc(OCC(=O)O)cc2)(c2ccccc2)c2ccc(OC)cc2)cc1. The van der Waals surface area contributed by atoms with E-state index in [0.717, 1.165) is 16.7 Å². The molecule has 0 radical (unpaired) electrons. The maximum atomic E-state index is 13.2. The maximum absolute atomic E-state index is 13.2. The molecule has 1 amide bonds. The van der Waals surface area contributed by atoms with Gasteiger partial charge in [0.15, 0.2) is 13.2 Å². The molecule has 0 aliphatic heterocycles. The standard InChI is InChI=1S/C39H43NO10/c1-38(2,3)37(44)40-23-34(50-36(43)26-48-33-21-19-32(20-22-33)47-25-35(41)42)24-49-39(27-9-7-6-8-10-27,28-11-15-30(45-4)16-12-28)29-13-17-31(46-5)18-14-29/h6-22,34H,23-26H2,1-5H3,(H,40,44)(H,41,42). The van der Waals surface area contributed by atoms with Crippen LogP contribution in [-0.4, -0.2) is 69.6 Å². The second kappa shape index (κ2) is 17.2. The van der Waals surface area contributed by atoms with E-state index in [0.29, 0.717) is 23.0 Å². The molecule has 50 heavy (non-hydrogen) atoms. The van der Waals surface area contributed by atoms with Gasteiger partial charge in [-0.05, 0) is 65.2 Å². The zero-order valence-electron chi connectivity index (χ0n) is 28.8. The van der Waals surface area contributed by atoms with Crippen molar-refractivity contribution < 1.29 is 47.9 Å². The van der Waals surface area contributed by atoms with E-state index >= 15 is 0 Å². The minimum atomic E-state index is -1.18. The van der Waals surface area contributed by atoms with Gasteiger partial charge in [-0.2, -0.15) is 0 Å². The van der Waals surface area contributed by atoms with Crippen molar-refractivity contribution in [2.24, 2.45) is 5.41 Å². The Morgan fingerprint density at radius 2 is 1.12 bits per heavy atom. The fourth-order valence-electron chi connectivity index (χ4n) is 5.04. The molecule has 0 spiro atoms. The van der Waals surface area contributed by atoms with E-state index in [9.17, 15) is 14.4 Å². The zero-order chi connectivity index (χ0) is 36.1. The molecule has 2 N–H and O–H groups in total. The molecule has 11 nitrogen and oxygen atoms in total. The molecule has 0 bridgehead atoms. The second-order valence-corrected chi connectivity index (χ2v) is 12.3. The highest BCUT2D eigenvalue weighted by Gasteiger charge is 2.39. The summed E-state index contributed by atoms with van der Waals surface area (Å²) in [6.07, 6.45) is -0.913. The summed E-state index contributed by atoms with van der Waals surface area (Å²) in [5.74, 6) is 0.0208. The minimum absolute atomic E-state index is 0.0203. The van der Waals surface area contributed by atoms with Crippen LogP contribution in [0.1, 0.15) is 37.5 Å². The monoisotopic (exact) mass is 685 g/mol. The van der Waals surface area contributed by atoms with Gasteiger partial charge in [0.05, 0.1) is 27.4 Å². The summed E-state index contributed by atoms with van der Waals surface area (Å²) in [5.41, 5.74) is 0.534. The number of methoxy groups -OCH3 is 2. The number of aliphatic carboxylic acids is 1. The lowest BCUT2D eigenvalue weighted by Gasteiger charge is -2.37. The van der Waals surface area contributed by atoms with Gasteiger partial charge in [-0.1, -0.05) is 75.4 Å². The molecular formula is C39H43NO10. The van der Waals surface area contributed by atoms with Crippen molar-refractivity contribution in [3.8, 4) is 23.0 Å². The molecule has 1 unspecified atom stereocenters. The molecule has 0 aliphatic rings. The lowest BCUT2D eigenvalue weighted by molar-refractivity contribution is -0.157. The Hall–Kier alpha value is -5.55. The van der Waals surface area contributed by atoms with Crippen LogP contribution in [0.5, 0.6) is 23.0 Å². The van der Waals surface area contributed by atoms with Crippen LogP contribution in [0.25, 0.3) is 0 Å². The van der Waals surface area contributed by atoms with E-state index in [1.54, 1.807) is 47.1 Å². The van der Waals surface area contributed by atoms with Crippen molar-refractivity contribution in [2.75, 3.05) is 40.6 Å². The Labute approximate surface area is 292 Å². The molecule has 4 rings (SSSR count). The average molecular weight is 686 g/mol. The number of hydrogen-bond donors (Lipinski definition) is 2. The van der Waals surface area contributed by atoms with Crippen molar-refractivity contribution >= 4 is 17.8 Å². The third kappa shape index (κ3) is 9.99. The summed E-state index contributed by atoms with van der Waals surface area (Å²) in [6, 6.07) is 30.9. The van der Waals surface area contributed by atoms with Crippen molar-refractivity contribution in [3.05, 3.63) is 120 Å². The number of carbonyl (C=O) groups excluding carboxylic acids is 2. The number of nitrogens with one attached hydrogen (secondary N) is 1. The smallest absolute Gasteiger partial charge is 0.344 e. The first-order chi connectivity index (χ1) is 23.9. The van der Waals surface area contributed by atoms with Gasteiger partial charge < -0.3 is 38.8 Å². The largest absolute Gasteiger partial charge is 0.497 e. The summed E-state index contributed by atoms with van der Waals surface area (Å²) in [6.45, 7) is 4.33. The van der Waals surface area contributed by atoms with E-state index in [1.165, 1.54) is 12.1 Å². The normalized spacial score (nSPS) is 11.9. The number of esters is 1. The Morgan fingerprint density at radius 3 is 1.58 bits per heavy atom. The van der Waals surface area contributed by atoms with E-state index in [2.05, 4.69) is 5.32 Å². The van der Waals surface area contributed by atoms with E-state index in [1.807, 2.05) is 78.9 Å². The number of hydrogen-bond acceptors (Lipinski definition) is 9.